The van der Waals surface area contributed by atoms with Crippen molar-refractivity contribution in [1.29, 1.82) is 0 Å². The van der Waals surface area contributed by atoms with Crippen LogP contribution in [0.5, 0.6) is 0 Å². The maximum absolute atomic E-state index is 5.72. The summed E-state index contributed by atoms with van der Waals surface area (Å²) in [5, 5.41) is 0. The summed E-state index contributed by atoms with van der Waals surface area (Å²) in [6.45, 7) is 0.753. The summed E-state index contributed by atoms with van der Waals surface area (Å²) in [6, 6.07) is 4.13. The van der Waals surface area contributed by atoms with Crippen LogP contribution in [0.25, 0.3) is 0 Å². The van der Waals surface area contributed by atoms with Gasteiger partial charge in [-0.05, 0) is 46.5 Å². The second-order valence-electron chi connectivity index (χ2n) is 3.35. The molecule has 2 rings (SSSR count). The molecule has 0 saturated heterocycles. The van der Waals surface area contributed by atoms with Gasteiger partial charge < -0.3 is 5.73 Å². The molecule has 0 amide bonds. The second-order valence-corrected chi connectivity index (χ2v) is 4.16. The Morgan fingerprint density at radius 3 is 2.83 bits per heavy atom. The third-order valence-corrected chi connectivity index (χ3v) is 3.02. The largest absolute Gasteiger partial charge is 0.330 e. The minimum absolute atomic E-state index is 0.283. The zero-order valence-electron chi connectivity index (χ0n) is 6.76. The van der Waals surface area contributed by atoms with Crippen LogP contribution in [-0.2, 0) is 5.41 Å². The summed E-state index contributed by atoms with van der Waals surface area (Å²) >= 11 is 3.36. The highest BCUT2D eigenvalue weighted by molar-refractivity contribution is 9.10. The molecule has 1 aromatic heterocycles. The van der Waals surface area contributed by atoms with E-state index in [0.29, 0.717) is 0 Å². The van der Waals surface area contributed by atoms with Crippen molar-refractivity contribution in [3.05, 3.63) is 28.5 Å². The monoisotopic (exact) mass is 226 g/mol. The van der Waals surface area contributed by atoms with E-state index in [1.54, 1.807) is 0 Å². The van der Waals surface area contributed by atoms with Gasteiger partial charge >= 0.3 is 0 Å². The molecular weight excluding hydrogens is 216 g/mol. The molecule has 0 unspecified atom stereocenters. The normalized spacial score (nSPS) is 19.2. The molecule has 1 fully saturated rings. The Balaban J connectivity index is 2.34. The van der Waals surface area contributed by atoms with Gasteiger partial charge in [-0.2, -0.15) is 0 Å². The van der Waals surface area contributed by atoms with Crippen molar-refractivity contribution in [1.82, 2.24) is 4.98 Å². The summed E-state index contributed by atoms with van der Waals surface area (Å²) in [5.41, 5.74) is 7.32. The molecule has 0 bridgehead atoms. The summed E-state index contributed by atoms with van der Waals surface area (Å²) in [5.74, 6) is 0. The van der Waals surface area contributed by atoms with E-state index in [0.717, 1.165) is 11.1 Å². The fourth-order valence-electron chi connectivity index (χ4n) is 1.49. The van der Waals surface area contributed by atoms with E-state index in [1.807, 2.05) is 6.20 Å². The topological polar surface area (TPSA) is 38.9 Å². The fraction of sp³-hybridized carbons (Fsp3) is 0.444. The third-order valence-electron chi connectivity index (χ3n) is 2.58. The Bertz CT molecular complexity index is 294. The highest BCUT2D eigenvalue weighted by atomic mass is 79.9. The van der Waals surface area contributed by atoms with E-state index >= 15 is 0 Å². The molecule has 1 aromatic rings. The first-order valence-corrected chi connectivity index (χ1v) is 4.88. The molecular formula is C9H11BrN2. The molecule has 12 heavy (non-hydrogen) atoms. The van der Waals surface area contributed by atoms with Crippen LogP contribution >= 0.6 is 15.9 Å². The van der Waals surface area contributed by atoms with Crippen LogP contribution in [0.1, 0.15) is 18.4 Å². The Labute approximate surface area is 80.3 Å². The van der Waals surface area contributed by atoms with Crippen molar-refractivity contribution in [3.8, 4) is 0 Å². The third kappa shape index (κ3) is 1.27. The van der Waals surface area contributed by atoms with Crippen molar-refractivity contribution in [2.75, 3.05) is 6.54 Å². The number of halogens is 1. The molecule has 3 heteroatoms. The molecule has 0 aromatic carbocycles. The molecule has 1 heterocycles. The van der Waals surface area contributed by atoms with Gasteiger partial charge in [-0.3, -0.25) is 0 Å². The van der Waals surface area contributed by atoms with Crippen LogP contribution in [0.2, 0.25) is 0 Å². The molecule has 0 spiro atoms. The van der Waals surface area contributed by atoms with E-state index in [-0.39, 0.29) is 5.41 Å². The van der Waals surface area contributed by atoms with Crippen LogP contribution in [-0.4, -0.2) is 11.5 Å². The maximum Gasteiger partial charge on any atom is 0.106 e. The Hall–Kier alpha value is -0.410. The second kappa shape index (κ2) is 2.82. The quantitative estimate of drug-likeness (QED) is 0.783. The van der Waals surface area contributed by atoms with Gasteiger partial charge in [-0.1, -0.05) is 0 Å². The lowest BCUT2D eigenvalue weighted by Crippen LogP contribution is -2.19. The number of hydrogen-bond acceptors (Lipinski definition) is 2. The Morgan fingerprint density at radius 2 is 2.33 bits per heavy atom. The predicted octanol–water partition coefficient (Wildman–Crippen LogP) is 1.83. The Morgan fingerprint density at radius 1 is 1.58 bits per heavy atom. The smallest absolute Gasteiger partial charge is 0.106 e. The molecule has 1 saturated carbocycles. The first-order chi connectivity index (χ1) is 5.77. The number of aromatic nitrogens is 1. The molecule has 2 N–H and O–H groups in total. The van der Waals surface area contributed by atoms with E-state index in [2.05, 4.69) is 33.0 Å². The number of nitrogens with zero attached hydrogens (tertiary/aromatic N) is 1. The maximum atomic E-state index is 5.72. The highest BCUT2D eigenvalue weighted by Crippen LogP contribution is 2.47. The van der Waals surface area contributed by atoms with Crippen molar-refractivity contribution in [2.45, 2.75) is 18.3 Å². The van der Waals surface area contributed by atoms with Crippen LogP contribution in [0.15, 0.2) is 22.9 Å². The van der Waals surface area contributed by atoms with Crippen molar-refractivity contribution >= 4 is 15.9 Å². The van der Waals surface area contributed by atoms with Gasteiger partial charge in [0.15, 0.2) is 0 Å². The zero-order valence-corrected chi connectivity index (χ0v) is 8.34. The van der Waals surface area contributed by atoms with Crippen molar-refractivity contribution in [3.63, 3.8) is 0 Å². The van der Waals surface area contributed by atoms with Crippen LogP contribution < -0.4 is 5.73 Å². The lowest BCUT2D eigenvalue weighted by molar-refractivity contribution is 0.702. The number of hydrogen-bond donors (Lipinski definition) is 1. The molecule has 0 radical (unpaired) electrons. The SMILES string of the molecule is NCC1(c2ccnc(Br)c2)CC1. The fourth-order valence-corrected chi connectivity index (χ4v) is 1.86. The number of pyridine rings is 1. The van der Waals surface area contributed by atoms with Crippen LogP contribution in [0.3, 0.4) is 0 Å². The minimum atomic E-state index is 0.283. The first-order valence-electron chi connectivity index (χ1n) is 4.09. The molecule has 0 atom stereocenters. The minimum Gasteiger partial charge on any atom is -0.330 e. The van der Waals surface area contributed by atoms with E-state index in [1.165, 1.54) is 18.4 Å². The van der Waals surface area contributed by atoms with Gasteiger partial charge in [0.1, 0.15) is 4.60 Å². The molecule has 0 aliphatic heterocycles. The standard InChI is InChI=1S/C9H11BrN2/c10-8-5-7(1-4-12-8)9(6-11)2-3-9/h1,4-5H,2-3,6,11H2. The van der Waals surface area contributed by atoms with E-state index < -0.39 is 0 Å². The number of nitrogens with two attached hydrogens (primary N) is 1. The average Bonchev–Trinajstić information content (AvgIpc) is 2.84. The predicted molar refractivity (Wildman–Crippen MR) is 51.9 cm³/mol. The highest BCUT2D eigenvalue weighted by Gasteiger charge is 2.42. The molecule has 1 aliphatic carbocycles. The lowest BCUT2D eigenvalue weighted by atomic mass is 9.98. The van der Waals surface area contributed by atoms with Crippen molar-refractivity contribution < 1.29 is 0 Å². The first kappa shape index (κ1) is 8.20. The zero-order chi connectivity index (χ0) is 8.60. The lowest BCUT2D eigenvalue weighted by Gasteiger charge is -2.11. The Kier molecular flexibility index (Phi) is 1.93. The summed E-state index contributed by atoms with van der Waals surface area (Å²) in [6.07, 6.45) is 4.27. The van der Waals surface area contributed by atoms with Gasteiger partial charge in [0.05, 0.1) is 0 Å². The summed E-state index contributed by atoms with van der Waals surface area (Å²) in [7, 11) is 0. The molecule has 2 nitrogen and oxygen atoms in total. The van der Waals surface area contributed by atoms with Gasteiger partial charge in [0.2, 0.25) is 0 Å². The summed E-state index contributed by atoms with van der Waals surface area (Å²) < 4.78 is 0.903. The van der Waals surface area contributed by atoms with Gasteiger partial charge in [-0.15, -0.1) is 0 Å². The van der Waals surface area contributed by atoms with Crippen LogP contribution in [0, 0.1) is 0 Å². The molecule has 1 aliphatic rings. The van der Waals surface area contributed by atoms with Crippen LogP contribution in [0.4, 0.5) is 0 Å². The molecule has 64 valence electrons. The van der Waals surface area contributed by atoms with Gasteiger partial charge in [0, 0.05) is 18.2 Å². The van der Waals surface area contributed by atoms with E-state index in [4.69, 9.17) is 5.73 Å². The van der Waals surface area contributed by atoms with Gasteiger partial charge in [0.25, 0.3) is 0 Å². The van der Waals surface area contributed by atoms with Gasteiger partial charge in [-0.25, -0.2) is 4.98 Å². The van der Waals surface area contributed by atoms with E-state index in [9.17, 15) is 0 Å². The average molecular weight is 227 g/mol. The van der Waals surface area contributed by atoms with Crippen molar-refractivity contribution in [2.24, 2.45) is 5.73 Å². The summed E-state index contributed by atoms with van der Waals surface area (Å²) in [4.78, 5) is 4.09. The number of rotatable bonds is 2.